The minimum absolute atomic E-state index is 0.0239. The number of carboxylic acid groups (broad SMARTS) is 1. The van der Waals surface area contributed by atoms with E-state index < -0.39 is 54.5 Å². The summed E-state index contributed by atoms with van der Waals surface area (Å²) in [5.41, 5.74) is 9.23. The largest absolute Gasteiger partial charge is 0.480 e. The highest BCUT2D eigenvalue weighted by atomic mass is 16.4. The number of H-pyrrole nitrogens is 2. The Morgan fingerprint density at radius 2 is 1.23 bits per heavy atom. The van der Waals surface area contributed by atoms with E-state index in [9.17, 15) is 29.4 Å². The molecular formula is C31H38N6O6. The first kappa shape index (κ1) is 31.3. The highest BCUT2D eigenvalue weighted by molar-refractivity contribution is 5.95. The number of hydrogen-bond acceptors (Lipinski definition) is 6. The summed E-state index contributed by atoms with van der Waals surface area (Å²) in [5, 5.41) is 29.1. The van der Waals surface area contributed by atoms with Crippen LogP contribution in [0.5, 0.6) is 0 Å². The van der Waals surface area contributed by atoms with Gasteiger partial charge < -0.3 is 41.9 Å². The van der Waals surface area contributed by atoms with Crippen LogP contribution in [0.4, 0.5) is 0 Å². The van der Waals surface area contributed by atoms with Crippen molar-refractivity contribution in [2.45, 2.75) is 57.3 Å². The third-order valence-corrected chi connectivity index (χ3v) is 7.82. The Balaban J connectivity index is 1.50. The molecule has 0 radical (unpaired) electrons. The van der Waals surface area contributed by atoms with Crippen molar-refractivity contribution in [3.63, 3.8) is 0 Å². The zero-order chi connectivity index (χ0) is 31.1. The van der Waals surface area contributed by atoms with Gasteiger partial charge in [0.1, 0.15) is 18.1 Å². The number of aliphatic carboxylic acids is 1. The zero-order valence-electron chi connectivity index (χ0n) is 24.1. The molecule has 4 aromatic rings. The first-order valence-electron chi connectivity index (χ1n) is 14.2. The Kier molecular flexibility index (Phi) is 10.2. The van der Waals surface area contributed by atoms with Gasteiger partial charge in [-0.3, -0.25) is 14.4 Å². The van der Waals surface area contributed by atoms with Gasteiger partial charge in [-0.05, 0) is 29.2 Å². The number of aliphatic hydroxyl groups is 1. The lowest BCUT2D eigenvalue weighted by molar-refractivity contribution is -0.142. The molecule has 0 spiro atoms. The quantitative estimate of drug-likeness (QED) is 0.108. The number of para-hydroxylation sites is 2. The van der Waals surface area contributed by atoms with Gasteiger partial charge in [0.25, 0.3) is 0 Å². The number of aromatic nitrogens is 2. The number of carboxylic acids is 1. The molecule has 0 saturated carbocycles. The second-order valence-corrected chi connectivity index (χ2v) is 10.7. The number of nitrogens with two attached hydrogens (primary N) is 1. The van der Waals surface area contributed by atoms with Crippen molar-refractivity contribution < 1.29 is 29.4 Å². The van der Waals surface area contributed by atoms with E-state index in [1.54, 1.807) is 12.4 Å². The number of aromatic amines is 2. The fourth-order valence-electron chi connectivity index (χ4n) is 4.97. The predicted octanol–water partition coefficient (Wildman–Crippen LogP) is 1.34. The van der Waals surface area contributed by atoms with Gasteiger partial charge in [-0.1, -0.05) is 56.7 Å². The van der Waals surface area contributed by atoms with E-state index >= 15 is 0 Å². The summed E-state index contributed by atoms with van der Waals surface area (Å²) >= 11 is 0. The third-order valence-electron chi connectivity index (χ3n) is 7.82. The SMILES string of the molecule is CCC(C)C(N)C(=O)NC(Cc1c[nH]c2ccccc12)C(=O)NC(CO)C(=O)NC(Cc1c[nH]c2ccccc12)C(=O)O. The highest BCUT2D eigenvalue weighted by Gasteiger charge is 2.31. The second kappa shape index (κ2) is 14.0. The molecule has 9 N–H and O–H groups in total. The normalized spacial score (nSPS) is 14.9. The molecule has 2 aromatic heterocycles. The Morgan fingerprint density at radius 1 is 0.767 bits per heavy atom. The monoisotopic (exact) mass is 590 g/mol. The van der Waals surface area contributed by atoms with Crippen molar-refractivity contribution in [2.75, 3.05) is 6.61 Å². The number of carbonyl (C=O) groups excluding carboxylic acids is 3. The fraction of sp³-hybridized carbons (Fsp3) is 0.355. The molecule has 12 heteroatoms. The minimum Gasteiger partial charge on any atom is -0.480 e. The zero-order valence-corrected chi connectivity index (χ0v) is 24.1. The molecule has 12 nitrogen and oxygen atoms in total. The van der Waals surface area contributed by atoms with Crippen LogP contribution >= 0.6 is 0 Å². The number of benzene rings is 2. The van der Waals surface area contributed by atoms with E-state index in [2.05, 4.69) is 25.9 Å². The molecule has 0 saturated heterocycles. The number of amides is 3. The molecule has 0 fully saturated rings. The summed E-state index contributed by atoms with van der Waals surface area (Å²) in [6, 6.07) is 10.1. The van der Waals surface area contributed by atoms with Crippen molar-refractivity contribution in [3.05, 3.63) is 72.1 Å². The van der Waals surface area contributed by atoms with Gasteiger partial charge in [-0.2, -0.15) is 0 Å². The maximum Gasteiger partial charge on any atom is 0.326 e. The third kappa shape index (κ3) is 7.40. The maximum absolute atomic E-state index is 13.5. The van der Waals surface area contributed by atoms with Crippen LogP contribution in [0.2, 0.25) is 0 Å². The Bertz CT molecular complexity index is 1600. The van der Waals surface area contributed by atoms with E-state index in [1.807, 2.05) is 62.4 Å². The molecule has 5 atom stereocenters. The van der Waals surface area contributed by atoms with Gasteiger partial charge in [-0.15, -0.1) is 0 Å². The smallest absolute Gasteiger partial charge is 0.326 e. The number of rotatable bonds is 14. The summed E-state index contributed by atoms with van der Waals surface area (Å²) in [7, 11) is 0. The molecular weight excluding hydrogens is 552 g/mol. The molecule has 4 rings (SSSR count). The average Bonchev–Trinajstić information content (AvgIpc) is 3.62. The lowest BCUT2D eigenvalue weighted by Gasteiger charge is -2.25. The number of nitrogens with one attached hydrogen (secondary N) is 5. The van der Waals surface area contributed by atoms with Crippen LogP contribution in [0.25, 0.3) is 21.8 Å². The molecule has 0 aliphatic heterocycles. The summed E-state index contributed by atoms with van der Waals surface area (Å²) < 4.78 is 0. The van der Waals surface area contributed by atoms with Gasteiger partial charge in [0.05, 0.1) is 12.6 Å². The standard InChI is InChI=1S/C31H38N6O6/c1-3-17(2)27(32)30(41)35-24(12-18-14-33-22-10-6-4-8-20(18)22)28(39)37-26(16-38)29(40)36-25(31(42)43)13-19-15-34-23-11-7-5-9-21(19)23/h4-11,14-15,17,24-27,33-34,38H,3,12-13,16,32H2,1-2H3,(H,35,41)(H,36,40)(H,37,39)(H,42,43). The van der Waals surface area contributed by atoms with Gasteiger partial charge >= 0.3 is 5.97 Å². The van der Waals surface area contributed by atoms with Crippen molar-refractivity contribution >= 4 is 45.5 Å². The van der Waals surface area contributed by atoms with Crippen LogP contribution < -0.4 is 21.7 Å². The highest BCUT2D eigenvalue weighted by Crippen LogP contribution is 2.21. The Labute approximate surface area is 248 Å². The molecule has 43 heavy (non-hydrogen) atoms. The number of aliphatic hydroxyl groups excluding tert-OH is 1. The van der Waals surface area contributed by atoms with Crippen LogP contribution in [0.3, 0.4) is 0 Å². The second-order valence-electron chi connectivity index (χ2n) is 10.7. The van der Waals surface area contributed by atoms with E-state index in [0.717, 1.165) is 27.4 Å². The molecule has 0 aliphatic carbocycles. The maximum atomic E-state index is 13.5. The lowest BCUT2D eigenvalue weighted by Crippen LogP contribution is -2.59. The van der Waals surface area contributed by atoms with Gasteiger partial charge in [-0.25, -0.2) is 4.79 Å². The van der Waals surface area contributed by atoms with Crippen molar-refractivity contribution in [2.24, 2.45) is 11.7 Å². The van der Waals surface area contributed by atoms with Crippen LogP contribution in [0.15, 0.2) is 60.9 Å². The van der Waals surface area contributed by atoms with Crippen LogP contribution in [-0.2, 0) is 32.0 Å². The van der Waals surface area contributed by atoms with Crippen LogP contribution in [0.1, 0.15) is 31.4 Å². The summed E-state index contributed by atoms with van der Waals surface area (Å²) in [4.78, 5) is 57.9. The molecule has 0 bridgehead atoms. The van der Waals surface area contributed by atoms with E-state index in [0.29, 0.717) is 12.0 Å². The average molecular weight is 591 g/mol. The predicted molar refractivity (Wildman–Crippen MR) is 162 cm³/mol. The van der Waals surface area contributed by atoms with Crippen molar-refractivity contribution in [1.29, 1.82) is 0 Å². The Hall–Kier alpha value is -4.68. The molecule has 3 amide bonds. The van der Waals surface area contributed by atoms with Crippen molar-refractivity contribution in [3.8, 4) is 0 Å². The van der Waals surface area contributed by atoms with Crippen molar-refractivity contribution in [1.82, 2.24) is 25.9 Å². The van der Waals surface area contributed by atoms with Gasteiger partial charge in [0.2, 0.25) is 17.7 Å². The first-order valence-corrected chi connectivity index (χ1v) is 14.2. The van der Waals surface area contributed by atoms with E-state index in [-0.39, 0.29) is 18.8 Å². The molecule has 2 aromatic carbocycles. The number of hydrogen-bond donors (Lipinski definition) is 8. The van der Waals surface area contributed by atoms with Crippen LogP contribution in [0, 0.1) is 5.92 Å². The minimum atomic E-state index is -1.47. The summed E-state index contributed by atoms with van der Waals surface area (Å²) in [6.07, 6.45) is 4.13. The number of carbonyl (C=O) groups is 4. The molecule has 5 unspecified atom stereocenters. The van der Waals surface area contributed by atoms with E-state index in [1.165, 1.54) is 0 Å². The molecule has 0 aliphatic rings. The molecule has 228 valence electrons. The first-order chi connectivity index (χ1) is 20.6. The topological polar surface area (TPSA) is 202 Å². The Morgan fingerprint density at radius 3 is 1.74 bits per heavy atom. The summed E-state index contributed by atoms with van der Waals surface area (Å²) in [6.45, 7) is 2.94. The summed E-state index contributed by atoms with van der Waals surface area (Å²) in [5.74, 6) is -3.55. The molecule has 2 heterocycles. The lowest BCUT2D eigenvalue weighted by atomic mass is 9.98. The number of fused-ring (bicyclic) bond motifs is 2. The van der Waals surface area contributed by atoms with E-state index in [4.69, 9.17) is 5.73 Å². The van der Waals surface area contributed by atoms with Gasteiger partial charge in [0, 0.05) is 47.0 Å². The fourth-order valence-corrected chi connectivity index (χ4v) is 4.97. The van der Waals surface area contributed by atoms with Gasteiger partial charge in [0.15, 0.2) is 0 Å². The van der Waals surface area contributed by atoms with Crippen LogP contribution in [-0.4, -0.2) is 74.6 Å².